The number of benzene rings is 2. The van der Waals surface area contributed by atoms with E-state index in [1.807, 2.05) is 0 Å². The minimum atomic E-state index is 0.129. The molecule has 3 aromatic rings. The van der Waals surface area contributed by atoms with Crippen molar-refractivity contribution in [1.29, 1.82) is 0 Å². The third kappa shape index (κ3) is 2.35. The van der Waals surface area contributed by atoms with Gasteiger partial charge in [0, 0.05) is 5.56 Å². The third-order valence-electron chi connectivity index (χ3n) is 2.71. The van der Waals surface area contributed by atoms with E-state index in [0.717, 1.165) is 0 Å². The molecule has 0 aliphatic rings. The first-order chi connectivity index (χ1) is 9.65. The van der Waals surface area contributed by atoms with Crippen LogP contribution < -0.4 is 0 Å². The lowest BCUT2D eigenvalue weighted by Gasteiger charge is -2.00. The average molecular weight is 307 g/mol. The smallest absolute Gasteiger partial charge is 0.261 e. The number of halogens is 2. The van der Waals surface area contributed by atoms with E-state index in [9.17, 15) is 5.11 Å². The summed E-state index contributed by atoms with van der Waals surface area (Å²) in [5, 5.41) is 14.2. The van der Waals surface area contributed by atoms with Gasteiger partial charge in [0.15, 0.2) is 0 Å². The van der Waals surface area contributed by atoms with Crippen molar-refractivity contribution in [2.75, 3.05) is 0 Å². The van der Waals surface area contributed by atoms with Crippen molar-refractivity contribution in [3.63, 3.8) is 0 Å². The van der Waals surface area contributed by atoms with Crippen LogP contribution in [0.3, 0.4) is 0 Å². The summed E-state index contributed by atoms with van der Waals surface area (Å²) < 4.78 is 5.20. The molecule has 3 rings (SSSR count). The Morgan fingerprint density at radius 3 is 2.40 bits per heavy atom. The fourth-order valence-electron chi connectivity index (χ4n) is 1.79. The fourth-order valence-corrected chi connectivity index (χ4v) is 2.35. The summed E-state index contributed by atoms with van der Waals surface area (Å²) >= 11 is 12.2. The van der Waals surface area contributed by atoms with Crippen LogP contribution in [0.4, 0.5) is 0 Å². The highest BCUT2D eigenvalue weighted by atomic mass is 35.5. The van der Waals surface area contributed by atoms with E-state index in [1.165, 1.54) is 0 Å². The van der Waals surface area contributed by atoms with Crippen LogP contribution in [0.1, 0.15) is 0 Å². The van der Waals surface area contributed by atoms with E-state index in [1.54, 1.807) is 42.5 Å². The number of rotatable bonds is 2. The number of aromatic hydroxyl groups is 1. The topological polar surface area (TPSA) is 59.2 Å². The van der Waals surface area contributed by atoms with E-state index >= 15 is 0 Å². The molecule has 0 radical (unpaired) electrons. The summed E-state index contributed by atoms with van der Waals surface area (Å²) in [6.07, 6.45) is 0. The Morgan fingerprint density at radius 1 is 1.00 bits per heavy atom. The second kappa shape index (κ2) is 5.15. The minimum absolute atomic E-state index is 0.129. The zero-order valence-electron chi connectivity index (χ0n) is 10.0. The highest BCUT2D eigenvalue weighted by Gasteiger charge is 2.16. The molecule has 1 N–H and O–H groups in total. The molecule has 1 heterocycles. The van der Waals surface area contributed by atoms with Gasteiger partial charge in [0.2, 0.25) is 5.82 Å². The van der Waals surface area contributed by atoms with Gasteiger partial charge in [0.1, 0.15) is 5.75 Å². The van der Waals surface area contributed by atoms with Crippen LogP contribution in [-0.2, 0) is 0 Å². The Balaban J connectivity index is 2.07. The van der Waals surface area contributed by atoms with Crippen LogP contribution in [0.25, 0.3) is 22.8 Å². The Kier molecular flexibility index (Phi) is 3.34. The molecule has 20 heavy (non-hydrogen) atoms. The molecular weight excluding hydrogens is 299 g/mol. The Bertz CT molecular complexity index is 751. The largest absolute Gasteiger partial charge is 0.508 e. The monoisotopic (exact) mass is 306 g/mol. The second-order valence-corrected chi connectivity index (χ2v) is 4.88. The number of aromatic nitrogens is 2. The summed E-state index contributed by atoms with van der Waals surface area (Å²) in [5.74, 6) is 0.718. The SMILES string of the molecule is Oc1cccc(-c2noc(-c3c(Cl)cccc3Cl)n2)c1. The van der Waals surface area contributed by atoms with Crippen LogP contribution in [-0.4, -0.2) is 15.2 Å². The van der Waals surface area contributed by atoms with Crippen molar-refractivity contribution >= 4 is 23.2 Å². The lowest BCUT2D eigenvalue weighted by atomic mass is 10.2. The highest BCUT2D eigenvalue weighted by molar-refractivity contribution is 6.38. The zero-order chi connectivity index (χ0) is 14.1. The first-order valence-electron chi connectivity index (χ1n) is 5.72. The molecule has 0 aliphatic heterocycles. The number of hydrogen-bond donors (Lipinski definition) is 1. The molecule has 1 aromatic heterocycles. The van der Waals surface area contributed by atoms with Crippen LogP contribution in [0.2, 0.25) is 10.0 Å². The molecule has 0 saturated heterocycles. The second-order valence-electron chi connectivity index (χ2n) is 4.07. The number of hydrogen-bond acceptors (Lipinski definition) is 4. The van der Waals surface area contributed by atoms with Crippen LogP contribution >= 0.6 is 23.2 Å². The Labute approximate surface area is 124 Å². The summed E-state index contributed by atoms with van der Waals surface area (Å²) in [5.41, 5.74) is 1.14. The molecule has 0 aliphatic carbocycles. The predicted octanol–water partition coefficient (Wildman–Crippen LogP) is 4.42. The van der Waals surface area contributed by atoms with Crippen molar-refractivity contribution in [2.45, 2.75) is 0 Å². The lowest BCUT2D eigenvalue weighted by molar-refractivity contribution is 0.432. The van der Waals surface area contributed by atoms with Crippen molar-refractivity contribution in [3.8, 4) is 28.6 Å². The van der Waals surface area contributed by atoms with Gasteiger partial charge in [-0.05, 0) is 24.3 Å². The maximum Gasteiger partial charge on any atom is 0.261 e. The van der Waals surface area contributed by atoms with Gasteiger partial charge < -0.3 is 9.63 Å². The summed E-state index contributed by atoms with van der Waals surface area (Å²) in [6, 6.07) is 11.7. The Hall–Kier alpha value is -2.04. The molecule has 2 aromatic carbocycles. The molecule has 6 heteroatoms. The highest BCUT2D eigenvalue weighted by Crippen LogP contribution is 2.34. The van der Waals surface area contributed by atoms with E-state index in [4.69, 9.17) is 27.7 Å². The van der Waals surface area contributed by atoms with Gasteiger partial charge in [0.25, 0.3) is 5.89 Å². The summed E-state index contributed by atoms with van der Waals surface area (Å²) in [6.45, 7) is 0. The standard InChI is InChI=1S/C14H8Cl2N2O2/c15-10-5-2-6-11(16)12(10)14-17-13(18-20-14)8-3-1-4-9(19)7-8/h1-7,19H. The molecule has 0 unspecified atom stereocenters. The van der Waals surface area contributed by atoms with Crippen molar-refractivity contribution in [1.82, 2.24) is 10.1 Å². The van der Waals surface area contributed by atoms with Gasteiger partial charge in [-0.3, -0.25) is 0 Å². The summed E-state index contributed by atoms with van der Waals surface area (Å²) in [4.78, 5) is 4.26. The maximum atomic E-state index is 9.46. The number of phenols is 1. The quantitative estimate of drug-likeness (QED) is 0.761. The maximum absolute atomic E-state index is 9.46. The molecule has 0 spiro atoms. The van der Waals surface area contributed by atoms with Crippen molar-refractivity contribution in [3.05, 3.63) is 52.5 Å². The minimum Gasteiger partial charge on any atom is -0.508 e. The van der Waals surface area contributed by atoms with Gasteiger partial charge >= 0.3 is 0 Å². The molecule has 0 fully saturated rings. The van der Waals surface area contributed by atoms with Gasteiger partial charge in [-0.2, -0.15) is 4.98 Å². The van der Waals surface area contributed by atoms with Gasteiger partial charge in [-0.1, -0.05) is 46.6 Å². The van der Waals surface area contributed by atoms with E-state index < -0.39 is 0 Å². The van der Waals surface area contributed by atoms with Gasteiger partial charge in [0.05, 0.1) is 15.6 Å². The average Bonchev–Trinajstić information content (AvgIpc) is 2.88. The van der Waals surface area contributed by atoms with Gasteiger partial charge in [-0.15, -0.1) is 0 Å². The predicted molar refractivity (Wildman–Crippen MR) is 76.9 cm³/mol. The fraction of sp³-hybridized carbons (Fsp3) is 0. The van der Waals surface area contributed by atoms with E-state index in [0.29, 0.717) is 27.0 Å². The van der Waals surface area contributed by atoms with Crippen LogP contribution in [0.5, 0.6) is 5.75 Å². The molecule has 4 nitrogen and oxygen atoms in total. The molecular formula is C14H8Cl2N2O2. The normalized spacial score (nSPS) is 10.7. The van der Waals surface area contributed by atoms with Crippen molar-refractivity contribution < 1.29 is 9.63 Å². The lowest BCUT2D eigenvalue weighted by Crippen LogP contribution is -1.83. The van der Waals surface area contributed by atoms with E-state index in [2.05, 4.69) is 10.1 Å². The van der Waals surface area contributed by atoms with Crippen molar-refractivity contribution in [2.24, 2.45) is 0 Å². The van der Waals surface area contributed by atoms with Crippen LogP contribution in [0, 0.1) is 0 Å². The summed E-state index contributed by atoms with van der Waals surface area (Å²) in [7, 11) is 0. The number of phenolic OH excluding ortho intramolecular Hbond substituents is 1. The number of nitrogens with zero attached hydrogens (tertiary/aromatic N) is 2. The van der Waals surface area contributed by atoms with Crippen LogP contribution in [0.15, 0.2) is 47.0 Å². The zero-order valence-corrected chi connectivity index (χ0v) is 11.6. The molecule has 100 valence electrons. The first kappa shape index (κ1) is 13.0. The first-order valence-corrected chi connectivity index (χ1v) is 6.48. The molecule has 0 amide bonds. The third-order valence-corrected chi connectivity index (χ3v) is 3.34. The van der Waals surface area contributed by atoms with E-state index in [-0.39, 0.29) is 11.6 Å². The molecule has 0 saturated carbocycles. The molecule has 0 bridgehead atoms. The molecule has 0 atom stereocenters. The van der Waals surface area contributed by atoms with Gasteiger partial charge in [-0.25, -0.2) is 0 Å². The Morgan fingerprint density at radius 2 is 1.70 bits per heavy atom.